The zero-order chi connectivity index (χ0) is 25.6. The van der Waals surface area contributed by atoms with Gasteiger partial charge >= 0.3 is 5.97 Å². The summed E-state index contributed by atoms with van der Waals surface area (Å²) in [7, 11) is 0. The van der Waals surface area contributed by atoms with E-state index >= 15 is 0 Å². The van der Waals surface area contributed by atoms with E-state index in [0.717, 1.165) is 62.0 Å². The van der Waals surface area contributed by atoms with Gasteiger partial charge in [0.2, 0.25) is 0 Å². The number of benzene rings is 1. The van der Waals surface area contributed by atoms with Crippen LogP contribution in [0.4, 0.5) is 0 Å². The van der Waals surface area contributed by atoms with E-state index in [-0.39, 0.29) is 17.3 Å². The molecule has 0 spiro atoms. The second kappa shape index (κ2) is 14.6. The lowest BCUT2D eigenvalue weighted by Crippen LogP contribution is -2.31. The van der Waals surface area contributed by atoms with Gasteiger partial charge < -0.3 is 9.47 Å². The molecule has 194 valence electrons. The van der Waals surface area contributed by atoms with Crippen LogP contribution in [-0.2, 0) is 4.79 Å². The number of rotatable bonds is 14. The minimum absolute atomic E-state index is 0.127. The Morgan fingerprint density at radius 2 is 1.61 bits per heavy atom. The highest BCUT2D eigenvalue weighted by molar-refractivity contribution is 5.75. The van der Waals surface area contributed by atoms with Gasteiger partial charge in [-0.15, -0.1) is 0 Å². The highest BCUT2D eigenvalue weighted by Crippen LogP contribution is 2.43. The van der Waals surface area contributed by atoms with Crippen molar-refractivity contribution in [3.05, 3.63) is 42.6 Å². The summed E-state index contributed by atoms with van der Waals surface area (Å²) in [6.45, 7) is 5.11. The molecule has 0 bridgehead atoms. The average Bonchev–Trinajstić information content (AvgIpc) is 2.92. The van der Waals surface area contributed by atoms with Gasteiger partial charge in [-0.05, 0) is 74.9 Å². The fraction of sp³-hybridized carbons (Fsp3) is 0.581. The third-order valence-electron chi connectivity index (χ3n) is 7.39. The predicted molar refractivity (Wildman–Crippen MR) is 144 cm³/mol. The molecule has 1 aliphatic carbocycles. The van der Waals surface area contributed by atoms with Crippen LogP contribution in [0.3, 0.4) is 0 Å². The van der Waals surface area contributed by atoms with Crippen molar-refractivity contribution < 1.29 is 14.3 Å². The van der Waals surface area contributed by atoms with E-state index in [2.05, 4.69) is 24.9 Å². The molecule has 5 heteroatoms. The predicted octanol–water partition coefficient (Wildman–Crippen LogP) is 8.28. The van der Waals surface area contributed by atoms with Crippen LogP contribution in [-0.4, -0.2) is 17.6 Å². The van der Waals surface area contributed by atoms with Gasteiger partial charge in [-0.25, -0.2) is 0 Å². The minimum atomic E-state index is -0.256. The number of unbranched alkanes of at least 4 members (excludes halogenated alkanes) is 6. The molecular formula is C31H42N2O3. The number of pyridine rings is 1. The van der Waals surface area contributed by atoms with Crippen molar-refractivity contribution in [2.45, 2.75) is 97.3 Å². The van der Waals surface area contributed by atoms with Crippen molar-refractivity contribution in [2.75, 3.05) is 6.61 Å². The lowest BCUT2D eigenvalue weighted by atomic mass is 9.69. The monoisotopic (exact) mass is 490 g/mol. The number of aromatic nitrogens is 1. The molecule has 1 aliphatic rings. The molecule has 36 heavy (non-hydrogen) atoms. The lowest BCUT2D eigenvalue weighted by molar-refractivity contribution is -0.140. The normalized spacial score (nSPS) is 19.4. The van der Waals surface area contributed by atoms with E-state index in [1.807, 2.05) is 36.4 Å². The van der Waals surface area contributed by atoms with Crippen molar-refractivity contribution in [1.29, 1.82) is 5.26 Å². The van der Waals surface area contributed by atoms with E-state index in [0.29, 0.717) is 12.4 Å². The van der Waals surface area contributed by atoms with Crippen LogP contribution in [0.2, 0.25) is 0 Å². The number of hydrogen-bond donors (Lipinski definition) is 0. The molecule has 0 N–H and O–H groups in total. The first kappa shape index (κ1) is 27.7. The number of nitrogens with zero attached hydrogens (tertiary/aromatic N) is 2. The standard InChI is InChI=1S/C31H42N2O3/c1-3-5-7-8-9-19-31(24-32)20-17-26(18-21-31)30(34)36-27-13-11-25(12-14-27)29-16-15-28(23-33-29)35-22-10-6-4-2/h11-16,23,26H,3-10,17-22H2,1-2H3/t26-,31-. The molecule has 0 amide bonds. The number of esters is 1. The number of carbonyl (C=O) groups is 1. The third kappa shape index (κ3) is 8.36. The number of carbonyl (C=O) groups excluding carboxylic acids is 1. The SMILES string of the molecule is CCCCCCC[C@]1(C#N)CC[C@H](C(=O)Oc2ccc(-c3ccc(OCCCCC)cn3)cc2)CC1. The van der Waals surface area contributed by atoms with Gasteiger partial charge in [0.1, 0.15) is 11.5 Å². The fourth-order valence-corrected chi connectivity index (χ4v) is 4.96. The molecule has 0 aliphatic heterocycles. The van der Waals surface area contributed by atoms with Crippen molar-refractivity contribution >= 4 is 5.97 Å². The van der Waals surface area contributed by atoms with Gasteiger partial charge in [0.15, 0.2) is 0 Å². The first-order valence-corrected chi connectivity index (χ1v) is 13.9. The van der Waals surface area contributed by atoms with Crippen molar-refractivity contribution in [3.63, 3.8) is 0 Å². The first-order valence-electron chi connectivity index (χ1n) is 13.9. The minimum Gasteiger partial charge on any atom is -0.492 e. The average molecular weight is 491 g/mol. The zero-order valence-corrected chi connectivity index (χ0v) is 22.1. The molecule has 0 radical (unpaired) electrons. The second-order valence-electron chi connectivity index (χ2n) is 10.2. The second-order valence-corrected chi connectivity index (χ2v) is 10.2. The van der Waals surface area contributed by atoms with E-state index in [9.17, 15) is 10.1 Å². The molecule has 1 saturated carbocycles. The van der Waals surface area contributed by atoms with Crippen LogP contribution in [0.5, 0.6) is 11.5 Å². The van der Waals surface area contributed by atoms with Crippen molar-refractivity contribution in [2.24, 2.45) is 11.3 Å². The van der Waals surface area contributed by atoms with Crippen molar-refractivity contribution in [1.82, 2.24) is 4.98 Å². The van der Waals surface area contributed by atoms with Crippen LogP contribution in [0, 0.1) is 22.7 Å². The highest BCUT2D eigenvalue weighted by atomic mass is 16.5. The van der Waals surface area contributed by atoms with Gasteiger partial charge in [0.25, 0.3) is 0 Å². The fourth-order valence-electron chi connectivity index (χ4n) is 4.96. The molecule has 1 fully saturated rings. The number of nitriles is 1. The maximum atomic E-state index is 12.8. The van der Waals surface area contributed by atoms with Gasteiger partial charge in [-0.3, -0.25) is 9.78 Å². The number of hydrogen-bond acceptors (Lipinski definition) is 5. The summed E-state index contributed by atoms with van der Waals surface area (Å²) in [5.41, 5.74) is 1.56. The van der Waals surface area contributed by atoms with E-state index in [1.165, 1.54) is 38.5 Å². The zero-order valence-electron chi connectivity index (χ0n) is 22.1. The Bertz CT molecular complexity index is 955. The Balaban J connectivity index is 1.45. The molecule has 0 atom stereocenters. The topological polar surface area (TPSA) is 72.2 Å². The molecule has 1 aromatic carbocycles. The largest absolute Gasteiger partial charge is 0.492 e. The summed E-state index contributed by atoms with van der Waals surface area (Å²) >= 11 is 0. The Morgan fingerprint density at radius 3 is 2.25 bits per heavy atom. The van der Waals surface area contributed by atoms with E-state index in [1.54, 1.807) is 6.20 Å². The summed E-state index contributed by atoms with van der Waals surface area (Å²) < 4.78 is 11.4. The molecular weight excluding hydrogens is 448 g/mol. The molecule has 3 rings (SSSR count). The summed E-state index contributed by atoms with van der Waals surface area (Å²) in [4.78, 5) is 17.3. The third-order valence-corrected chi connectivity index (χ3v) is 7.39. The lowest BCUT2D eigenvalue weighted by Gasteiger charge is -2.34. The van der Waals surface area contributed by atoms with Crippen LogP contribution < -0.4 is 9.47 Å². The summed E-state index contributed by atoms with van der Waals surface area (Å²) in [6.07, 6.45) is 15.2. The highest BCUT2D eigenvalue weighted by Gasteiger charge is 2.37. The summed E-state index contributed by atoms with van der Waals surface area (Å²) in [5.74, 6) is 1.02. The van der Waals surface area contributed by atoms with Gasteiger partial charge in [-0.2, -0.15) is 5.26 Å². The van der Waals surface area contributed by atoms with Crippen LogP contribution in [0.15, 0.2) is 42.6 Å². The van der Waals surface area contributed by atoms with Gasteiger partial charge in [0, 0.05) is 5.56 Å². The number of ether oxygens (including phenoxy) is 2. The molecule has 1 aromatic heterocycles. The Hall–Kier alpha value is -2.87. The molecule has 0 unspecified atom stereocenters. The Labute approximate surface area is 217 Å². The van der Waals surface area contributed by atoms with Crippen molar-refractivity contribution in [3.8, 4) is 28.8 Å². The summed E-state index contributed by atoms with van der Waals surface area (Å²) in [6, 6.07) is 14.0. The van der Waals surface area contributed by atoms with E-state index in [4.69, 9.17) is 9.47 Å². The molecule has 5 nitrogen and oxygen atoms in total. The summed E-state index contributed by atoms with van der Waals surface area (Å²) in [5, 5.41) is 9.82. The maximum absolute atomic E-state index is 12.8. The van der Waals surface area contributed by atoms with E-state index < -0.39 is 0 Å². The maximum Gasteiger partial charge on any atom is 0.314 e. The van der Waals surface area contributed by atoms with Gasteiger partial charge in [-0.1, -0.05) is 58.8 Å². The first-order chi connectivity index (χ1) is 17.6. The smallest absolute Gasteiger partial charge is 0.314 e. The Kier molecular flexibility index (Phi) is 11.3. The molecule has 2 aromatic rings. The van der Waals surface area contributed by atoms with Crippen LogP contribution >= 0.6 is 0 Å². The Morgan fingerprint density at radius 1 is 0.944 bits per heavy atom. The van der Waals surface area contributed by atoms with Crippen LogP contribution in [0.25, 0.3) is 11.3 Å². The van der Waals surface area contributed by atoms with Gasteiger partial charge in [0.05, 0.1) is 35.9 Å². The quantitative estimate of drug-likeness (QED) is 0.151. The van der Waals surface area contributed by atoms with Crippen LogP contribution in [0.1, 0.15) is 97.3 Å². The molecule has 1 heterocycles. The molecule has 0 saturated heterocycles.